The number of rotatable bonds is 9. The van der Waals surface area contributed by atoms with E-state index in [1.54, 1.807) is 11.3 Å². The van der Waals surface area contributed by atoms with Gasteiger partial charge in [-0.1, -0.05) is 18.2 Å². The highest BCUT2D eigenvalue weighted by molar-refractivity contribution is 7.13. The number of hydrogen-bond acceptors (Lipinski definition) is 6. The van der Waals surface area contributed by atoms with Crippen molar-refractivity contribution in [1.82, 2.24) is 20.5 Å². The number of nitrogens with zero attached hydrogens (tertiary/aromatic N) is 2. The van der Waals surface area contributed by atoms with Gasteiger partial charge in [-0.25, -0.2) is 4.98 Å². The summed E-state index contributed by atoms with van der Waals surface area (Å²) in [7, 11) is 0. The standard InChI is InChI=1S/C21H28N4O3S/c1-16(26)22-6-3-7-23-20(27)13-19-15-29-21(24-19)18-5-2-4-17(12-18)14-25-8-10-28-11-9-25/h2,4-5,12,15H,3,6-11,13-14H2,1H3,(H,22,26)(H,23,27). The molecule has 1 aliphatic heterocycles. The van der Waals surface area contributed by atoms with Crippen LogP contribution in [0, 0.1) is 0 Å². The highest BCUT2D eigenvalue weighted by Gasteiger charge is 2.12. The second-order valence-corrected chi connectivity index (χ2v) is 7.95. The second kappa shape index (κ2) is 11.0. The third-order valence-electron chi connectivity index (χ3n) is 4.63. The molecule has 0 radical (unpaired) electrons. The molecular formula is C21H28N4O3S. The molecule has 0 spiro atoms. The van der Waals surface area contributed by atoms with E-state index < -0.39 is 0 Å². The van der Waals surface area contributed by atoms with Gasteiger partial charge in [-0.05, 0) is 18.1 Å². The summed E-state index contributed by atoms with van der Waals surface area (Å²) in [6, 6.07) is 8.45. The Labute approximate surface area is 175 Å². The van der Waals surface area contributed by atoms with Gasteiger partial charge >= 0.3 is 0 Å². The van der Waals surface area contributed by atoms with E-state index in [-0.39, 0.29) is 18.2 Å². The molecule has 0 bridgehead atoms. The van der Waals surface area contributed by atoms with E-state index in [1.165, 1.54) is 12.5 Å². The zero-order valence-corrected chi connectivity index (χ0v) is 17.6. The van der Waals surface area contributed by atoms with E-state index in [2.05, 4.69) is 44.8 Å². The Morgan fingerprint density at radius 3 is 2.79 bits per heavy atom. The molecule has 29 heavy (non-hydrogen) atoms. The van der Waals surface area contributed by atoms with Crippen LogP contribution in [-0.4, -0.2) is 61.1 Å². The summed E-state index contributed by atoms with van der Waals surface area (Å²) in [4.78, 5) is 29.9. The molecular weight excluding hydrogens is 388 g/mol. The lowest BCUT2D eigenvalue weighted by molar-refractivity contribution is -0.120. The van der Waals surface area contributed by atoms with Crippen LogP contribution in [0.3, 0.4) is 0 Å². The van der Waals surface area contributed by atoms with Crippen molar-refractivity contribution in [2.24, 2.45) is 0 Å². The molecule has 156 valence electrons. The molecule has 1 aromatic carbocycles. The first-order valence-electron chi connectivity index (χ1n) is 9.95. The Morgan fingerprint density at radius 2 is 2.00 bits per heavy atom. The van der Waals surface area contributed by atoms with Crippen LogP contribution in [0.15, 0.2) is 29.6 Å². The van der Waals surface area contributed by atoms with Gasteiger partial charge in [-0.3, -0.25) is 14.5 Å². The van der Waals surface area contributed by atoms with Crippen molar-refractivity contribution in [2.45, 2.75) is 26.3 Å². The summed E-state index contributed by atoms with van der Waals surface area (Å²) >= 11 is 1.56. The molecule has 2 N–H and O–H groups in total. The zero-order valence-electron chi connectivity index (χ0n) is 16.8. The number of carbonyl (C=O) groups excluding carboxylic acids is 2. The predicted molar refractivity (Wildman–Crippen MR) is 114 cm³/mol. The Morgan fingerprint density at radius 1 is 1.21 bits per heavy atom. The Balaban J connectivity index is 1.49. The number of amides is 2. The van der Waals surface area contributed by atoms with Crippen molar-refractivity contribution in [2.75, 3.05) is 39.4 Å². The molecule has 2 amide bonds. The maximum atomic E-state index is 12.1. The van der Waals surface area contributed by atoms with Gasteiger partial charge in [0.1, 0.15) is 5.01 Å². The first-order valence-corrected chi connectivity index (χ1v) is 10.8. The van der Waals surface area contributed by atoms with Crippen LogP contribution in [0.1, 0.15) is 24.6 Å². The Hall–Kier alpha value is -2.29. The minimum Gasteiger partial charge on any atom is -0.379 e. The van der Waals surface area contributed by atoms with Crippen LogP contribution in [0.2, 0.25) is 0 Å². The average Bonchev–Trinajstić information content (AvgIpc) is 3.17. The highest BCUT2D eigenvalue weighted by Crippen LogP contribution is 2.25. The molecule has 1 aliphatic rings. The highest BCUT2D eigenvalue weighted by atomic mass is 32.1. The molecule has 0 atom stereocenters. The van der Waals surface area contributed by atoms with Crippen molar-refractivity contribution < 1.29 is 14.3 Å². The fourth-order valence-electron chi connectivity index (χ4n) is 3.15. The maximum absolute atomic E-state index is 12.1. The third kappa shape index (κ3) is 7.23. The van der Waals surface area contributed by atoms with E-state index in [0.29, 0.717) is 19.5 Å². The fourth-order valence-corrected chi connectivity index (χ4v) is 3.97. The van der Waals surface area contributed by atoms with Crippen LogP contribution >= 0.6 is 11.3 Å². The number of nitrogens with one attached hydrogen (secondary N) is 2. The number of ether oxygens (including phenoxy) is 1. The first kappa shape index (κ1) is 21.4. The van der Waals surface area contributed by atoms with Crippen molar-refractivity contribution >= 4 is 23.2 Å². The molecule has 7 nitrogen and oxygen atoms in total. The van der Waals surface area contributed by atoms with E-state index in [0.717, 1.165) is 49.1 Å². The molecule has 2 heterocycles. The lowest BCUT2D eigenvalue weighted by Gasteiger charge is -2.26. The van der Waals surface area contributed by atoms with Crippen LogP contribution in [0.5, 0.6) is 0 Å². The van der Waals surface area contributed by atoms with Gasteiger partial charge in [0.2, 0.25) is 11.8 Å². The summed E-state index contributed by atoms with van der Waals surface area (Å²) in [6.07, 6.45) is 0.980. The van der Waals surface area contributed by atoms with E-state index in [9.17, 15) is 9.59 Å². The van der Waals surface area contributed by atoms with Crippen molar-refractivity contribution in [3.8, 4) is 10.6 Å². The van der Waals surface area contributed by atoms with Crippen LogP contribution in [-0.2, 0) is 27.3 Å². The molecule has 0 saturated carbocycles. The van der Waals surface area contributed by atoms with E-state index in [4.69, 9.17) is 4.74 Å². The molecule has 2 aromatic rings. The molecule has 1 fully saturated rings. The fraction of sp³-hybridized carbons (Fsp3) is 0.476. The van der Waals surface area contributed by atoms with E-state index >= 15 is 0 Å². The molecule has 0 aliphatic carbocycles. The molecule has 8 heteroatoms. The molecule has 1 saturated heterocycles. The zero-order chi connectivity index (χ0) is 20.5. The molecule has 1 aromatic heterocycles. The SMILES string of the molecule is CC(=O)NCCCNC(=O)Cc1csc(-c2cccc(CN3CCOCC3)c2)n1. The number of aromatic nitrogens is 1. The normalized spacial score (nSPS) is 14.5. The number of morpholine rings is 1. The van der Waals surface area contributed by atoms with E-state index in [1.807, 2.05) is 5.38 Å². The molecule has 0 unspecified atom stereocenters. The van der Waals surface area contributed by atoms with Gasteiger partial charge in [-0.15, -0.1) is 11.3 Å². The van der Waals surface area contributed by atoms with Crippen molar-refractivity contribution in [1.29, 1.82) is 0 Å². The smallest absolute Gasteiger partial charge is 0.226 e. The summed E-state index contributed by atoms with van der Waals surface area (Å²) < 4.78 is 5.41. The summed E-state index contributed by atoms with van der Waals surface area (Å²) in [5, 5.41) is 8.46. The number of thiazole rings is 1. The number of carbonyl (C=O) groups is 2. The van der Waals surface area contributed by atoms with Gasteiger partial charge in [-0.2, -0.15) is 0 Å². The third-order valence-corrected chi connectivity index (χ3v) is 5.57. The number of benzene rings is 1. The molecule has 3 rings (SSSR count). The maximum Gasteiger partial charge on any atom is 0.226 e. The second-order valence-electron chi connectivity index (χ2n) is 7.10. The minimum absolute atomic E-state index is 0.0502. The Bertz CT molecular complexity index is 818. The number of hydrogen-bond donors (Lipinski definition) is 2. The van der Waals surface area contributed by atoms with Gasteiger partial charge in [0.15, 0.2) is 0 Å². The van der Waals surface area contributed by atoms with Crippen molar-refractivity contribution in [3.63, 3.8) is 0 Å². The summed E-state index contributed by atoms with van der Waals surface area (Å²) in [5.74, 6) is -0.105. The summed E-state index contributed by atoms with van der Waals surface area (Å²) in [5.41, 5.74) is 3.13. The first-order chi connectivity index (χ1) is 14.1. The predicted octanol–water partition coefficient (Wildman–Crippen LogP) is 1.83. The lowest BCUT2D eigenvalue weighted by Crippen LogP contribution is -2.35. The van der Waals surface area contributed by atoms with Crippen LogP contribution in [0.25, 0.3) is 10.6 Å². The van der Waals surface area contributed by atoms with Crippen LogP contribution in [0.4, 0.5) is 0 Å². The lowest BCUT2D eigenvalue weighted by atomic mass is 10.1. The van der Waals surface area contributed by atoms with Gasteiger partial charge in [0.05, 0.1) is 25.3 Å². The largest absolute Gasteiger partial charge is 0.379 e. The monoisotopic (exact) mass is 416 g/mol. The summed E-state index contributed by atoms with van der Waals surface area (Å²) in [6.45, 7) is 7.02. The van der Waals surface area contributed by atoms with Crippen molar-refractivity contribution in [3.05, 3.63) is 40.9 Å². The van der Waals surface area contributed by atoms with Gasteiger partial charge in [0, 0.05) is 50.6 Å². The average molecular weight is 417 g/mol. The quantitative estimate of drug-likeness (QED) is 0.610. The minimum atomic E-state index is -0.0552. The van der Waals surface area contributed by atoms with Gasteiger partial charge in [0.25, 0.3) is 0 Å². The van der Waals surface area contributed by atoms with Crippen LogP contribution < -0.4 is 10.6 Å². The van der Waals surface area contributed by atoms with Gasteiger partial charge < -0.3 is 15.4 Å². The topological polar surface area (TPSA) is 83.6 Å². The Kier molecular flexibility index (Phi) is 8.15.